The van der Waals surface area contributed by atoms with Gasteiger partial charge in [0.2, 0.25) is 5.91 Å². The Bertz CT molecular complexity index is 810. The molecule has 0 aliphatic carbocycles. The quantitative estimate of drug-likeness (QED) is 0.529. The molecule has 0 spiro atoms. The van der Waals surface area contributed by atoms with Crippen LogP contribution in [0.3, 0.4) is 0 Å². The molecule has 1 atom stereocenters. The van der Waals surface area contributed by atoms with E-state index < -0.39 is 6.04 Å². The standard InChI is InChI=1S/C21H30N4O4/c1-13(2)19(21(27)22-8-6-7-15-12-23-25-14(15)3)24-20(26)16-9-17(28-4)11-18(10-16)29-5/h9-13,19H,6-8H2,1-5H3,(H,22,27)(H,23,25)(H,24,26). The summed E-state index contributed by atoms with van der Waals surface area (Å²) in [6.45, 7) is 6.28. The number of hydrogen-bond donors (Lipinski definition) is 3. The van der Waals surface area contributed by atoms with Gasteiger partial charge >= 0.3 is 0 Å². The van der Waals surface area contributed by atoms with Crippen LogP contribution in [0.4, 0.5) is 0 Å². The van der Waals surface area contributed by atoms with Crippen LogP contribution in [0.15, 0.2) is 24.4 Å². The van der Waals surface area contributed by atoms with Crippen molar-refractivity contribution in [2.75, 3.05) is 20.8 Å². The highest BCUT2D eigenvalue weighted by molar-refractivity contribution is 5.98. The number of methoxy groups -OCH3 is 2. The molecule has 8 heteroatoms. The number of hydrogen-bond acceptors (Lipinski definition) is 5. The molecule has 1 aromatic heterocycles. The number of aromatic amines is 1. The average Bonchev–Trinajstić information content (AvgIpc) is 3.12. The monoisotopic (exact) mass is 402 g/mol. The maximum absolute atomic E-state index is 12.7. The number of benzene rings is 1. The molecule has 158 valence electrons. The number of nitrogens with zero attached hydrogens (tertiary/aromatic N) is 1. The van der Waals surface area contributed by atoms with E-state index in [1.54, 1.807) is 24.4 Å². The minimum absolute atomic E-state index is 0.0671. The van der Waals surface area contributed by atoms with Gasteiger partial charge in [0.25, 0.3) is 5.91 Å². The fourth-order valence-electron chi connectivity index (χ4n) is 2.93. The molecule has 2 amide bonds. The predicted molar refractivity (Wildman–Crippen MR) is 110 cm³/mol. The first-order chi connectivity index (χ1) is 13.8. The molecule has 0 saturated heterocycles. The van der Waals surface area contributed by atoms with Crippen molar-refractivity contribution in [2.45, 2.75) is 39.7 Å². The molecule has 2 rings (SSSR count). The first kappa shape index (κ1) is 22.3. The number of aromatic nitrogens is 2. The zero-order valence-electron chi connectivity index (χ0n) is 17.7. The number of aryl methyl sites for hydroxylation is 2. The number of nitrogens with one attached hydrogen (secondary N) is 3. The SMILES string of the molecule is COc1cc(OC)cc(C(=O)NC(C(=O)NCCCc2cn[nH]c2C)C(C)C)c1. The molecule has 0 aliphatic rings. The second-order valence-corrected chi connectivity index (χ2v) is 7.21. The van der Waals surface area contributed by atoms with Gasteiger partial charge < -0.3 is 20.1 Å². The first-order valence-electron chi connectivity index (χ1n) is 9.66. The molecule has 1 heterocycles. The highest BCUT2D eigenvalue weighted by atomic mass is 16.5. The third kappa shape index (κ3) is 6.23. The van der Waals surface area contributed by atoms with Gasteiger partial charge in [-0.25, -0.2) is 0 Å². The van der Waals surface area contributed by atoms with Crippen molar-refractivity contribution in [3.63, 3.8) is 0 Å². The molecule has 0 radical (unpaired) electrons. The highest BCUT2D eigenvalue weighted by Gasteiger charge is 2.25. The molecule has 0 aliphatic heterocycles. The van der Waals surface area contributed by atoms with Crippen molar-refractivity contribution < 1.29 is 19.1 Å². The van der Waals surface area contributed by atoms with E-state index >= 15 is 0 Å². The van der Waals surface area contributed by atoms with Crippen LogP contribution in [0, 0.1) is 12.8 Å². The van der Waals surface area contributed by atoms with E-state index in [9.17, 15) is 9.59 Å². The van der Waals surface area contributed by atoms with Gasteiger partial charge in [0.15, 0.2) is 0 Å². The van der Waals surface area contributed by atoms with Gasteiger partial charge in [-0.2, -0.15) is 5.10 Å². The van der Waals surface area contributed by atoms with Crippen LogP contribution in [-0.2, 0) is 11.2 Å². The van der Waals surface area contributed by atoms with Gasteiger partial charge in [-0.05, 0) is 43.4 Å². The molecule has 3 N–H and O–H groups in total. The third-order valence-corrected chi connectivity index (χ3v) is 4.71. The topological polar surface area (TPSA) is 105 Å². The van der Waals surface area contributed by atoms with Crippen LogP contribution in [0.1, 0.15) is 41.9 Å². The number of H-pyrrole nitrogens is 1. The summed E-state index contributed by atoms with van der Waals surface area (Å²) < 4.78 is 10.4. The van der Waals surface area contributed by atoms with Crippen LogP contribution in [0.2, 0.25) is 0 Å². The molecule has 0 bridgehead atoms. The summed E-state index contributed by atoms with van der Waals surface area (Å²) in [7, 11) is 3.04. The van der Waals surface area contributed by atoms with Crippen LogP contribution >= 0.6 is 0 Å². The van der Waals surface area contributed by atoms with Crippen LogP contribution in [0.5, 0.6) is 11.5 Å². The Morgan fingerprint density at radius 1 is 1.14 bits per heavy atom. The Labute approximate surface area is 171 Å². The Kier molecular flexibility index (Phi) is 8.06. The maximum Gasteiger partial charge on any atom is 0.252 e. The van der Waals surface area contributed by atoms with E-state index in [4.69, 9.17) is 9.47 Å². The van der Waals surface area contributed by atoms with Gasteiger partial charge in [0.05, 0.1) is 20.4 Å². The number of carbonyl (C=O) groups excluding carboxylic acids is 2. The molecular formula is C21H30N4O4. The van der Waals surface area contributed by atoms with Crippen molar-refractivity contribution in [1.29, 1.82) is 0 Å². The summed E-state index contributed by atoms with van der Waals surface area (Å²) in [5, 5.41) is 12.6. The van der Waals surface area contributed by atoms with E-state index in [1.165, 1.54) is 14.2 Å². The highest BCUT2D eigenvalue weighted by Crippen LogP contribution is 2.22. The average molecular weight is 402 g/mol. The molecule has 8 nitrogen and oxygen atoms in total. The molecule has 2 aromatic rings. The normalized spacial score (nSPS) is 11.8. The van der Waals surface area contributed by atoms with E-state index in [-0.39, 0.29) is 17.7 Å². The number of ether oxygens (including phenoxy) is 2. The van der Waals surface area contributed by atoms with Crippen LogP contribution < -0.4 is 20.1 Å². The lowest BCUT2D eigenvalue weighted by atomic mass is 10.0. The maximum atomic E-state index is 12.7. The van der Waals surface area contributed by atoms with Gasteiger partial charge in [-0.15, -0.1) is 0 Å². The van der Waals surface area contributed by atoms with Crippen molar-refractivity contribution in [2.24, 2.45) is 5.92 Å². The second-order valence-electron chi connectivity index (χ2n) is 7.21. The van der Waals surface area contributed by atoms with E-state index in [0.717, 1.165) is 24.1 Å². The Morgan fingerprint density at radius 3 is 2.31 bits per heavy atom. The molecular weight excluding hydrogens is 372 g/mol. The van der Waals surface area contributed by atoms with Crippen molar-refractivity contribution >= 4 is 11.8 Å². The summed E-state index contributed by atoms with van der Waals surface area (Å²) in [4.78, 5) is 25.3. The van der Waals surface area contributed by atoms with Crippen LogP contribution in [0.25, 0.3) is 0 Å². The summed E-state index contributed by atoms with van der Waals surface area (Å²) >= 11 is 0. The zero-order chi connectivity index (χ0) is 21.4. The minimum Gasteiger partial charge on any atom is -0.497 e. The smallest absolute Gasteiger partial charge is 0.252 e. The number of carbonyl (C=O) groups is 2. The number of amides is 2. The lowest BCUT2D eigenvalue weighted by Crippen LogP contribution is -2.49. The molecule has 29 heavy (non-hydrogen) atoms. The lowest BCUT2D eigenvalue weighted by molar-refractivity contribution is -0.123. The fraction of sp³-hybridized carbons (Fsp3) is 0.476. The summed E-state index contributed by atoms with van der Waals surface area (Å²) in [5.74, 6) is 0.393. The summed E-state index contributed by atoms with van der Waals surface area (Å²) in [6.07, 6.45) is 3.42. The zero-order valence-corrected chi connectivity index (χ0v) is 17.7. The second kappa shape index (κ2) is 10.5. The Hall–Kier alpha value is -3.03. The Morgan fingerprint density at radius 2 is 1.79 bits per heavy atom. The summed E-state index contributed by atoms with van der Waals surface area (Å²) in [6, 6.07) is 4.27. The van der Waals surface area contributed by atoms with Crippen molar-refractivity contribution in [3.05, 3.63) is 41.2 Å². The van der Waals surface area contributed by atoms with Crippen molar-refractivity contribution in [3.8, 4) is 11.5 Å². The third-order valence-electron chi connectivity index (χ3n) is 4.71. The lowest BCUT2D eigenvalue weighted by Gasteiger charge is -2.22. The van der Waals surface area contributed by atoms with Gasteiger partial charge in [-0.3, -0.25) is 14.7 Å². The molecule has 0 saturated carbocycles. The molecule has 1 unspecified atom stereocenters. The minimum atomic E-state index is -0.643. The van der Waals surface area contributed by atoms with Gasteiger partial charge in [0, 0.05) is 23.9 Å². The van der Waals surface area contributed by atoms with Gasteiger partial charge in [-0.1, -0.05) is 13.8 Å². The number of rotatable bonds is 10. The predicted octanol–water partition coefficient (Wildman–Crippen LogP) is 2.24. The van der Waals surface area contributed by atoms with Gasteiger partial charge in [0.1, 0.15) is 17.5 Å². The van der Waals surface area contributed by atoms with E-state index in [1.807, 2.05) is 20.8 Å². The van der Waals surface area contributed by atoms with Crippen molar-refractivity contribution in [1.82, 2.24) is 20.8 Å². The fourth-order valence-corrected chi connectivity index (χ4v) is 2.93. The first-order valence-corrected chi connectivity index (χ1v) is 9.66. The van der Waals surface area contributed by atoms with Crippen LogP contribution in [-0.4, -0.2) is 48.8 Å². The largest absolute Gasteiger partial charge is 0.497 e. The van der Waals surface area contributed by atoms with E-state index in [0.29, 0.717) is 23.6 Å². The summed E-state index contributed by atoms with van der Waals surface area (Å²) in [5.41, 5.74) is 2.55. The molecule has 0 fully saturated rings. The molecule has 1 aromatic carbocycles. The van der Waals surface area contributed by atoms with E-state index in [2.05, 4.69) is 20.8 Å². The Balaban J connectivity index is 1.95.